The van der Waals surface area contributed by atoms with Gasteiger partial charge in [0.25, 0.3) is 0 Å². The molecule has 2 heteroatoms. The van der Waals surface area contributed by atoms with Gasteiger partial charge in [0.05, 0.1) is 5.69 Å². The summed E-state index contributed by atoms with van der Waals surface area (Å²) in [6.07, 6.45) is 3.87. The molecule has 0 bridgehead atoms. The van der Waals surface area contributed by atoms with Gasteiger partial charge in [-0.1, -0.05) is 133 Å². The molecule has 1 heterocycles. The average molecular weight is 499 g/mol. The monoisotopic (exact) mass is 498 g/mol. The summed E-state index contributed by atoms with van der Waals surface area (Å²) in [4.78, 5) is 0. The molecule has 0 aliphatic heterocycles. The molecule has 7 rings (SSSR count). The highest BCUT2D eigenvalue weighted by atomic mass is 15.3. The number of aromatic nitrogens is 2. The van der Waals surface area contributed by atoms with Crippen molar-refractivity contribution in [2.24, 2.45) is 0 Å². The number of rotatable bonds is 5. The third kappa shape index (κ3) is 4.03. The maximum Gasteiger partial charge on any atom is 0.0730 e. The van der Waals surface area contributed by atoms with Crippen LogP contribution in [0.4, 0.5) is 0 Å². The summed E-state index contributed by atoms with van der Waals surface area (Å²) < 4.78 is 1.99. The van der Waals surface area contributed by atoms with E-state index in [-0.39, 0.29) is 0 Å². The van der Waals surface area contributed by atoms with Crippen LogP contribution < -0.4 is 0 Å². The zero-order chi connectivity index (χ0) is 26.0. The van der Waals surface area contributed by atoms with Crippen molar-refractivity contribution < 1.29 is 0 Å². The van der Waals surface area contributed by atoms with Gasteiger partial charge in [0.2, 0.25) is 0 Å². The fourth-order valence-corrected chi connectivity index (χ4v) is 5.71. The maximum atomic E-state index is 4.67. The molecule has 0 amide bonds. The van der Waals surface area contributed by atoms with E-state index in [1.165, 1.54) is 55.3 Å². The molecular weight excluding hydrogens is 472 g/mol. The highest BCUT2D eigenvalue weighted by molar-refractivity contribution is 6.20. The number of benzene rings is 6. The molecule has 0 aliphatic carbocycles. The lowest BCUT2D eigenvalue weighted by Gasteiger charge is -2.25. The molecule has 39 heavy (non-hydrogen) atoms. The quantitative estimate of drug-likeness (QED) is 0.231. The second kappa shape index (κ2) is 9.92. The van der Waals surface area contributed by atoms with Crippen molar-refractivity contribution in [3.8, 4) is 50.2 Å². The van der Waals surface area contributed by atoms with Crippen molar-refractivity contribution in [2.75, 3.05) is 0 Å². The van der Waals surface area contributed by atoms with Gasteiger partial charge in [-0.25, -0.2) is 4.68 Å². The second-order valence-corrected chi connectivity index (χ2v) is 9.61. The van der Waals surface area contributed by atoms with E-state index >= 15 is 0 Å². The van der Waals surface area contributed by atoms with Gasteiger partial charge in [0.15, 0.2) is 0 Å². The first-order valence-corrected chi connectivity index (χ1v) is 13.2. The Hall–Kier alpha value is -5.21. The van der Waals surface area contributed by atoms with Gasteiger partial charge in [-0.3, -0.25) is 0 Å². The molecule has 0 radical (unpaired) electrons. The summed E-state index contributed by atoms with van der Waals surface area (Å²) in [6, 6.07) is 51.7. The Kier molecular flexibility index (Phi) is 5.84. The molecule has 7 aromatic rings. The van der Waals surface area contributed by atoms with Gasteiger partial charge in [0.1, 0.15) is 0 Å². The largest absolute Gasteiger partial charge is 0.240 e. The van der Waals surface area contributed by atoms with E-state index in [1.807, 2.05) is 23.1 Å². The van der Waals surface area contributed by atoms with Gasteiger partial charge in [-0.05, 0) is 56.5 Å². The van der Waals surface area contributed by atoms with Crippen LogP contribution in [0.3, 0.4) is 0 Å². The first-order chi connectivity index (χ1) is 19.4. The molecule has 0 saturated carbocycles. The molecule has 0 aliphatic rings. The van der Waals surface area contributed by atoms with Crippen molar-refractivity contribution in [3.05, 3.63) is 158 Å². The fourth-order valence-electron chi connectivity index (χ4n) is 5.71. The van der Waals surface area contributed by atoms with Crippen LogP contribution >= 0.6 is 0 Å². The predicted molar refractivity (Wildman–Crippen MR) is 163 cm³/mol. The Morgan fingerprint density at radius 1 is 0.385 bits per heavy atom. The SMILES string of the molecule is c1ccc(-c2c(-c3ccccc3)c(-c3ccccc3)c3c(-n4cccn4)cccc3c2-c2ccccc2)cc1. The lowest BCUT2D eigenvalue weighted by Crippen LogP contribution is -2.02. The third-order valence-electron chi connectivity index (χ3n) is 7.31. The lowest BCUT2D eigenvalue weighted by molar-refractivity contribution is 0.888. The van der Waals surface area contributed by atoms with Gasteiger partial charge >= 0.3 is 0 Å². The first-order valence-electron chi connectivity index (χ1n) is 13.2. The van der Waals surface area contributed by atoms with Crippen molar-refractivity contribution >= 4 is 10.8 Å². The van der Waals surface area contributed by atoms with Crippen LogP contribution in [-0.4, -0.2) is 9.78 Å². The Morgan fingerprint density at radius 3 is 1.33 bits per heavy atom. The van der Waals surface area contributed by atoms with Crippen molar-refractivity contribution in [2.45, 2.75) is 0 Å². The van der Waals surface area contributed by atoms with Crippen LogP contribution in [0.5, 0.6) is 0 Å². The molecule has 1 aromatic heterocycles. The van der Waals surface area contributed by atoms with Gasteiger partial charge in [-0.15, -0.1) is 0 Å². The molecule has 0 saturated heterocycles. The van der Waals surface area contributed by atoms with Crippen LogP contribution in [0.15, 0.2) is 158 Å². The molecule has 0 N–H and O–H groups in total. The number of hydrogen-bond donors (Lipinski definition) is 0. The Labute approximate surface area is 228 Å². The topological polar surface area (TPSA) is 17.8 Å². The molecule has 184 valence electrons. The molecular formula is C37H26N2. The van der Waals surface area contributed by atoms with E-state index in [0.29, 0.717) is 0 Å². The van der Waals surface area contributed by atoms with Crippen LogP contribution in [0.2, 0.25) is 0 Å². The molecule has 0 unspecified atom stereocenters. The van der Waals surface area contributed by atoms with Crippen molar-refractivity contribution in [1.29, 1.82) is 0 Å². The Morgan fingerprint density at radius 2 is 0.846 bits per heavy atom. The van der Waals surface area contributed by atoms with Crippen LogP contribution in [0, 0.1) is 0 Å². The smallest absolute Gasteiger partial charge is 0.0730 e. The summed E-state index contributed by atoms with van der Waals surface area (Å²) in [5.74, 6) is 0. The van der Waals surface area contributed by atoms with E-state index in [9.17, 15) is 0 Å². The van der Waals surface area contributed by atoms with Gasteiger partial charge < -0.3 is 0 Å². The minimum atomic E-state index is 1.06. The van der Waals surface area contributed by atoms with E-state index in [1.54, 1.807) is 0 Å². The van der Waals surface area contributed by atoms with E-state index in [0.717, 1.165) is 5.69 Å². The first kappa shape index (κ1) is 22.9. The predicted octanol–water partition coefficient (Wildman–Crippen LogP) is 9.69. The summed E-state index contributed by atoms with van der Waals surface area (Å²) in [7, 11) is 0. The van der Waals surface area contributed by atoms with Gasteiger partial charge in [-0.2, -0.15) is 5.10 Å². The van der Waals surface area contributed by atoms with Crippen molar-refractivity contribution in [3.63, 3.8) is 0 Å². The molecule has 0 atom stereocenters. The summed E-state index contributed by atoms with van der Waals surface area (Å²) in [5.41, 5.74) is 10.7. The van der Waals surface area contributed by atoms with Gasteiger partial charge in [0, 0.05) is 23.3 Å². The highest BCUT2D eigenvalue weighted by Gasteiger charge is 2.25. The van der Waals surface area contributed by atoms with Crippen LogP contribution in [0.1, 0.15) is 0 Å². The van der Waals surface area contributed by atoms with E-state index in [2.05, 4.69) is 145 Å². The minimum Gasteiger partial charge on any atom is -0.240 e. The maximum absolute atomic E-state index is 4.67. The number of fused-ring (bicyclic) bond motifs is 1. The summed E-state index contributed by atoms with van der Waals surface area (Å²) in [5, 5.41) is 7.06. The van der Waals surface area contributed by atoms with E-state index in [4.69, 9.17) is 0 Å². The van der Waals surface area contributed by atoms with Crippen molar-refractivity contribution in [1.82, 2.24) is 9.78 Å². The number of hydrogen-bond acceptors (Lipinski definition) is 1. The normalized spacial score (nSPS) is 11.1. The molecule has 0 fully saturated rings. The zero-order valence-corrected chi connectivity index (χ0v) is 21.4. The minimum absolute atomic E-state index is 1.06. The van der Waals surface area contributed by atoms with E-state index < -0.39 is 0 Å². The molecule has 2 nitrogen and oxygen atoms in total. The fraction of sp³-hybridized carbons (Fsp3) is 0. The lowest BCUT2D eigenvalue weighted by atomic mass is 9.78. The van der Waals surface area contributed by atoms with Crippen LogP contribution in [-0.2, 0) is 0 Å². The average Bonchev–Trinajstić information content (AvgIpc) is 3.56. The Bertz CT molecular complexity index is 1860. The summed E-state index contributed by atoms with van der Waals surface area (Å²) in [6.45, 7) is 0. The molecule has 0 spiro atoms. The number of nitrogens with zero attached hydrogens (tertiary/aromatic N) is 2. The second-order valence-electron chi connectivity index (χ2n) is 9.61. The third-order valence-corrected chi connectivity index (χ3v) is 7.31. The standard InChI is InChI=1S/C37H26N2/c1-5-15-27(16-6-1)33-31-23-13-24-32(39-26-14-25-38-39)37(31)36(30-21-11-4-12-22-30)35(29-19-9-3-10-20-29)34(33)28-17-7-2-8-18-28/h1-26H. The Balaban J connectivity index is 1.79. The molecule has 6 aromatic carbocycles. The summed E-state index contributed by atoms with van der Waals surface area (Å²) >= 11 is 0. The van der Waals surface area contributed by atoms with Crippen LogP contribution in [0.25, 0.3) is 61.0 Å². The highest BCUT2D eigenvalue weighted by Crippen LogP contribution is 2.51. The zero-order valence-electron chi connectivity index (χ0n) is 21.4.